The fourth-order valence-electron chi connectivity index (χ4n) is 2.47. The van der Waals surface area contributed by atoms with E-state index in [4.69, 9.17) is 4.74 Å². The van der Waals surface area contributed by atoms with Crippen molar-refractivity contribution < 1.29 is 14.3 Å². The van der Waals surface area contributed by atoms with Gasteiger partial charge < -0.3 is 4.74 Å². The van der Waals surface area contributed by atoms with E-state index in [9.17, 15) is 9.59 Å². The molecule has 3 atom stereocenters. The summed E-state index contributed by atoms with van der Waals surface area (Å²) in [5, 5.41) is 0. The van der Waals surface area contributed by atoms with Crippen molar-refractivity contribution in [3.05, 3.63) is 12.7 Å². The van der Waals surface area contributed by atoms with Gasteiger partial charge in [0.2, 0.25) is 0 Å². The Balaban J connectivity index is 2.67. The van der Waals surface area contributed by atoms with Gasteiger partial charge in [0.1, 0.15) is 5.78 Å². The summed E-state index contributed by atoms with van der Waals surface area (Å²) in [4.78, 5) is 23.6. The normalized spacial score (nSPS) is 26.1. The molecule has 0 heterocycles. The quantitative estimate of drug-likeness (QED) is 0.532. The van der Waals surface area contributed by atoms with Gasteiger partial charge in [0.25, 0.3) is 0 Å². The molecule has 0 saturated heterocycles. The van der Waals surface area contributed by atoms with Crippen LogP contribution in [0.15, 0.2) is 12.7 Å². The number of ketones is 1. The van der Waals surface area contributed by atoms with Gasteiger partial charge in [-0.15, -0.1) is 6.58 Å². The first kappa shape index (κ1) is 12.9. The van der Waals surface area contributed by atoms with E-state index in [0.717, 1.165) is 19.3 Å². The van der Waals surface area contributed by atoms with E-state index in [2.05, 4.69) is 6.58 Å². The summed E-state index contributed by atoms with van der Waals surface area (Å²) in [7, 11) is 1.38. The Morgan fingerprint density at radius 1 is 1.44 bits per heavy atom. The Morgan fingerprint density at radius 2 is 2.06 bits per heavy atom. The molecule has 0 bridgehead atoms. The third-order valence-corrected chi connectivity index (χ3v) is 3.39. The van der Waals surface area contributed by atoms with Gasteiger partial charge >= 0.3 is 5.97 Å². The standard InChI is InChI=1S/C13H20O3/c1-4-6-9(2)12(14)10-7-5-8-11(10)13(15)16-3/h4,9-11H,1,5-8H2,2-3H3/t9-,10?,11-/m1/s1. The van der Waals surface area contributed by atoms with Gasteiger partial charge in [0, 0.05) is 11.8 Å². The van der Waals surface area contributed by atoms with E-state index in [0.29, 0.717) is 6.42 Å². The van der Waals surface area contributed by atoms with Crippen molar-refractivity contribution in [1.82, 2.24) is 0 Å². The predicted octanol–water partition coefficient (Wildman–Crippen LogP) is 2.36. The maximum atomic E-state index is 12.1. The largest absolute Gasteiger partial charge is 0.469 e. The molecular formula is C13H20O3. The molecule has 0 aromatic heterocycles. The van der Waals surface area contributed by atoms with Crippen molar-refractivity contribution in [2.24, 2.45) is 17.8 Å². The molecule has 90 valence electrons. The molecule has 3 nitrogen and oxygen atoms in total. The van der Waals surface area contributed by atoms with Crippen LogP contribution in [0.2, 0.25) is 0 Å². The van der Waals surface area contributed by atoms with Crippen LogP contribution >= 0.6 is 0 Å². The van der Waals surface area contributed by atoms with Crippen molar-refractivity contribution >= 4 is 11.8 Å². The van der Waals surface area contributed by atoms with E-state index in [1.807, 2.05) is 6.92 Å². The van der Waals surface area contributed by atoms with E-state index in [-0.39, 0.29) is 29.5 Å². The fraction of sp³-hybridized carbons (Fsp3) is 0.692. The average molecular weight is 224 g/mol. The van der Waals surface area contributed by atoms with Gasteiger partial charge in [0.15, 0.2) is 0 Å². The average Bonchev–Trinajstić information content (AvgIpc) is 2.76. The van der Waals surface area contributed by atoms with Crippen LogP contribution in [-0.4, -0.2) is 18.9 Å². The number of hydrogen-bond donors (Lipinski definition) is 0. The summed E-state index contributed by atoms with van der Waals surface area (Å²) in [6, 6.07) is 0. The lowest BCUT2D eigenvalue weighted by atomic mass is 9.85. The number of hydrogen-bond acceptors (Lipinski definition) is 3. The first-order valence-corrected chi connectivity index (χ1v) is 5.84. The molecule has 0 aromatic carbocycles. The van der Waals surface area contributed by atoms with Crippen molar-refractivity contribution in [2.75, 3.05) is 7.11 Å². The van der Waals surface area contributed by atoms with Crippen molar-refractivity contribution in [3.63, 3.8) is 0 Å². The monoisotopic (exact) mass is 224 g/mol. The topological polar surface area (TPSA) is 43.4 Å². The van der Waals surface area contributed by atoms with Gasteiger partial charge in [-0.1, -0.05) is 19.4 Å². The van der Waals surface area contributed by atoms with Crippen LogP contribution in [0.3, 0.4) is 0 Å². The molecule has 0 aromatic rings. The first-order valence-electron chi connectivity index (χ1n) is 5.84. The zero-order valence-corrected chi connectivity index (χ0v) is 10.1. The van der Waals surface area contributed by atoms with E-state index in [1.54, 1.807) is 6.08 Å². The van der Waals surface area contributed by atoms with E-state index >= 15 is 0 Å². The highest BCUT2D eigenvalue weighted by molar-refractivity contribution is 5.88. The third kappa shape index (κ3) is 2.71. The lowest BCUT2D eigenvalue weighted by molar-refractivity contribution is -0.149. The Kier molecular flexibility index (Phi) is 4.71. The number of allylic oxidation sites excluding steroid dienone is 1. The summed E-state index contributed by atoms with van der Waals surface area (Å²) in [5.74, 6) is -0.436. The predicted molar refractivity (Wildman–Crippen MR) is 61.8 cm³/mol. The summed E-state index contributed by atoms with van der Waals surface area (Å²) in [5.41, 5.74) is 0. The number of esters is 1. The zero-order valence-electron chi connectivity index (χ0n) is 10.1. The van der Waals surface area contributed by atoms with Crippen LogP contribution < -0.4 is 0 Å². The van der Waals surface area contributed by atoms with Crippen LogP contribution in [0.25, 0.3) is 0 Å². The molecule has 1 aliphatic carbocycles. The Morgan fingerprint density at radius 3 is 2.62 bits per heavy atom. The molecular weight excluding hydrogens is 204 g/mol. The SMILES string of the molecule is C=CC[C@@H](C)C(=O)C1CCC[C@H]1C(=O)OC. The molecule has 0 amide bonds. The fourth-order valence-corrected chi connectivity index (χ4v) is 2.47. The highest BCUT2D eigenvalue weighted by Crippen LogP contribution is 2.35. The molecule has 0 N–H and O–H groups in total. The van der Waals surface area contributed by atoms with Crippen LogP contribution in [0.5, 0.6) is 0 Å². The molecule has 1 unspecified atom stereocenters. The smallest absolute Gasteiger partial charge is 0.309 e. The molecule has 0 radical (unpaired) electrons. The summed E-state index contributed by atoms with van der Waals surface area (Å²) in [6.07, 6.45) is 4.98. The number of rotatable bonds is 5. The van der Waals surface area contributed by atoms with Crippen molar-refractivity contribution in [3.8, 4) is 0 Å². The second kappa shape index (κ2) is 5.83. The number of Topliss-reactive ketones (excluding diaryl/α,β-unsaturated/α-hetero) is 1. The zero-order chi connectivity index (χ0) is 12.1. The summed E-state index contributed by atoms with van der Waals surface area (Å²) >= 11 is 0. The van der Waals surface area contributed by atoms with Crippen LogP contribution in [0.4, 0.5) is 0 Å². The lowest BCUT2D eigenvalue weighted by Crippen LogP contribution is -2.29. The van der Waals surface area contributed by atoms with Crippen LogP contribution in [0, 0.1) is 17.8 Å². The molecule has 16 heavy (non-hydrogen) atoms. The summed E-state index contributed by atoms with van der Waals surface area (Å²) in [6.45, 7) is 5.54. The molecule has 0 spiro atoms. The Bertz CT molecular complexity index is 283. The highest BCUT2D eigenvalue weighted by Gasteiger charge is 2.39. The minimum atomic E-state index is -0.235. The lowest BCUT2D eigenvalue weighted by Gasteiger charge is -2.19. The van der Waals surface area contributed by atoms with Gasteiger partial charge in [-0.2, -0.15) is 0 Å². The van der Waals surface area contributed by atoms with Gasteiger partial charge in [0.05, 0.1) is 13.0 Å². The second-order valence-electron chi connectivity index (χ2n) is 4.49. The van der Waals surface area contributed by atoms with Crippen LogP contribution in [-0.2, 0) is 14.3 Å². The highest BCUT2D eigenvalue weighted by atomic mass is 16.5. The Labute approximate surface area is 96.9 Å². The van der Waals surface area contributed by atoms with Gasteiger partial charge in [-0.05, 0) is 19.3 Å². The number of methoxy groups -OCH3 is 1. The van der Waals surface area contributed by atoms with Crippen LogP contribution in [0.1, 0.15) is 32.6 Å². The van der Waals surface area contributed by atoms with Crippen molar-refractivity contribution in [2.45, 2.75) is 32.6 Å². The molecule has 1 rings (SSSR count). The van der Waals surface area contributed by atoms with Gasteiger partial charge in [-0.3, -0.25) is 9.59 Å². The summed E-state index contributed by atoms with van der Waals surface area (Å²) < 4.78 is 4.74. The first-order chi connectivity index (χ1) is 7.61. The maximum Gasteiger partial charge on any atom is 0.309 e. The van der Waals surface area contributed by atoms with Crippen molar-refractivity contribution in [1.29, 1.82) is 0 Å². The van der Waals surface area contributed by atoms with E-state index < -0.39 is 0 Å². The van der Waals surface area contributed by atoms with Gasteiger partial charge in [-0.25, -0.2) is 0 Å². The second-order valence-corrected chi connectivity index (χ2v) is 4.49. The number of ether oxygens (including phenoxy) is 1. The van der Waals surface area contributed by atoms with E-state index in [1.165, 1.54) is 7.11 Å². The molecule has 1 aliphatic rings. The number of carbonyl (C=O) groups is 2. The minimum absolute atomic E-state index is 0.0345. The molecule has 1 saturated carbocycles. The molecule has 1 fully saturated rings. The third-order valence-electron chi connectivity index (χ3n) is 3.39. The Hall–Kier alpha value is -1.12. The maximum absolute atomic E-state index is 12.1. The molecule has 0 aliphatic heterocycles. The number of carbonyl (C=O) groups excluding carboxylic acids is 2. The minimum Gasteiger partial charge on any atom is -0.469 e. The molecule has 3 heteroatoms.